The van der Waals surface area contributed by atoms with Crippen molar-refractivity contribution in [1.29, 1.82) is 0 Å². The largest absolute Gasteiger partial charge is 0.479 e. The number of rotatable bonds is 5. The second-order valence-electron chi connectivity index (χ2n) is 7.82. The Balaban J connectivity index is 1.41. The van der Waals surface area contributed by atoms with Crippen LogP contribution in [0.15, 0.2) is 48.9 Å². The van der Waals surface area contributed by atoms with Crippen LogP contribution < -0.4 is 4.74 Å². The van der Waals surface area contributed by atoms with Crippen molar-refractivity contribution in [3.8, 4) is 11.6 Å². The van der Waals surface area contributed by atoms with E-state index in [1.165, 1.54) is 5.56 Å². The molecule has 0 bridgehead atoms. The van der Waals surface area contributed by atoms with E-state index >= 15 is 0 Å². The van der Waals surface area contributed by atoms with Gasteiger partial charge in [0.1, 0.15) is 11.5 Å². The Morgan fingerprint density at radius 2 is 2.06 bits per heavy atom. The summed E-state index contributed by atoms with van der Waals surface area (Å²) in [4.78, 5) is 13.7. The molecule has 1 aliphatic rings. The highest BCUT2D eigenvalue weighted by molar-refractivity contribution is 6.30. The minimum atomic E-state index is 0.202. The fourth-order valence-electron chi connectivity index (χ4n) is 4.08. The van der Waals surface area contributed by atoms with Crippen molar-refractivity contribution < 1.29 is 4.74 Å². The molecule has 3 aromatic heterocycles. The summed E-state index contributed by atoms with van der Waals surface area (Å²) in [6.45, 7) is 2.82. The van der Waals surface area contributed by atoms with Crippen LogP contribution in [0.5, 0.6) is 5.88 Å². The third-order valence-corrected chi connectivity index (χ3v) is 5.83. The molecule has 0 unspecified atom stereocenters. The maximum Gasteiger partial charge on any atom is 0.238 e. The molecule has 1 aliphatic heterocycles. The lowest BCUT2D eigenvalue weighted by atomic mass is 9.91. The lowest BCUT2D eigenvalue weighted by molar-refractivity contribution is 0.395. The van der Waals surface area contributed by atoms with Crippen LogP contribution in [0.25, 0.3) is 17.8 Å². The molecule has 5 rings (SSSR count). The number of pyridine rings is 1. The summed E-state index contributed by atoms with van der Waals surface area (Å²) >= 11 is 6.21. The lowest BCUT2D eigenvalue weighted by Crippen LogP contribution is -2.17. The number of hydrogen-bond donors (Lipinski definition) is 0. The van der Waals surface area contributed by atoms with Crippen LogP contribution in [0.4, 0.5) is 0 Å². The molecule has 0 spiro atoms. The summed E-state index contributed by atoms with van der Waals surface area (Å²) in [6, 6.07) is 11.9. The van der Waals surface area contributed by atoms with Crippen LogP contribution in [0, 0.1) is 6.92 Å². The van der Waals surface area contributed by atoms with Gasteiger partial charge in [-0.2, -0.15) is 5.10 Å². The molecule has 7 nitrogen and oxygen atoms in total. The monoisotopic (exact) mass is 446 g/mol. The van der Waals surface area contributed by atoms with E-state index in [2.05, 4.69) is 21.1 Å². The minimum absolute atomic E-state index is 0.202. The van der Waals surface area contributed by atoms with Crippen LogP contribution in [0.1, 0.15) is 47.4 Å². The number of aromatic nitrogens is 6. The van der Waals surface area contributed by atoms with Gasteiger partial charge in [0, 0.05) is 23.7 Å². The lowest BCUT2D eigenvalue weighted by Gasteiger charge is -2.22. The first-order valence-electron chi connectivity index (χ1n) is 10.5. The smallest absolute Gasteiger partial charge is 0.238 e. The van der Waals surface area contributed by atoms with Gasteiger partial charge in [0.15, 0.2) is 5.82 Å². The topological polar surface area (TPSA) is 70.7 Å². The van der Waals surface area contributed by atoms with Crippen molar-refractivity contribution in [2.45, 2.75) is 32.2 Å². The second kappa shape index (κ2) is 8.59. The Bertz CT molecular complexity index is 1290. The summed E-state index contributed by atoms with van der Waals surface area (Å²) in [6.07, 6.45) is 9.58. The Kier molecular flexibility index (Phi) is 5.49. The average molecular weight is 447 g/mol. The minimum Gasteiger partial charge on any atom is -0.479 e. The Labute approximate surface area is 191 Å². The third-order valence-electron chi connectivity index (χ3n) is 5.59. The van der Waals surface area contributed by atoms with Crippen molar-refractivity contribution in [2.75, 3.05) is 7.11 Å². The Hall–Kier alpha value is -3.45. The fourth-order valence-corrected chi connectivity index (χ4v) is 4.28. The summed E-state index contributed by atoms with van der Waals surface area (Å²) in [7, 11) is 1.62. The number of methoxy groups -OCH3 is 1. The first kappa shape index (κ1) is 20.5. The molecular weight excluding hydrogens is 424 g/mol. The zero-order valence-corrected chi connectivity index (χ0v) is 18.7. The number of halogens is 1. The number of imidazole rings is 1. The third kappa shape index (κ3) is 4.03. The SMILES string of the molecule is COc1nc(/C=C/c2nc3n(n2)CCC[C@@H]3c2cccc(Cl)c2)ccc1-n1cnc(C)c1. The standard InChI is InChI=1S/C24H23ClN6O/c1-16-14-30(15-26-16)21-10-8-19(27-24(21)32-2)9-11-22-28-23-20(7-4-12-31(23)29-22)17-5-3-6-18(25)13-17/h3,5-6,8-11,13-15,20H,4,7,12H2,1-2H3/b11-9+/t20-/m1/s1. The first-order chi connectivity index (χ1) is 15.6. The zero-order chi connectivity index (χ0) is 22.1. The van der Waals surface area contributed by atoms with Crippen molar-refractivity contribution in [3.05, 3.63) is 82.5 Å². The summed E-state index contributed by atoms with van der Waals surface area (Å²) < 4.78 is 9.41. The van der Waals surface area contributed by atoms with Gasteiger partial charge in [-0.25, -0.2) is 19.6 Å². The van der Waals surface area contributed by atoms with Gasteiger partial charge in [0.25, 0.3) is 0 Å². The maximum atomic E-state index is 6.21. The molecule has 0 radical (unpaired) electrons. The van der Waals surface area contributed by atoms with Crippen LogP contribution in [-0.2, 0) is 6.54 Å². The molecule has 32 heavy (non-hydrogen) atoms. The average Bonchev–Trinajstić information content (AvgIpc) is 3.43. The summed E-state index contributed by atoms with van der Waals surface area (Å²) in [5.41, 5.74) is 3.71. The number of fused-ring (bicyclic) bond motifs is 1. The van der Waals surface area contributed by atoms with Crippen molar-refractivity contribution in [1.82, 2.24) is 29.3 Å². The van der Waals surface area contributed by atoms with Gasteiger partial charge >= 0.3 is 0 Å². The number of benzene rings is 1. The highest BCUT2D eigenvalue weighted by atomic mass is 35.5. The summed E-state index contributed by atoms with van der Waals surface area (Å²) in [5, 5.41) is 5.43. The molecule has 8 heteroatoms. The van der Waals surface area contributed by atoms with Gasteiger partial charge < -0.3 is 9.30 Å². The molecule has 0 fully saturated rings. The molecule has 0 N–H and O–H groups in total. The van der Waals surface area contributed by atoms with Crippen molar-refractivity contribution in [3.63, 3.8) is 0 Å². The fraction of sp³-hybridized carbons (Fsp3) is 0.250. The van der Waals surface area contributed by atoms with Gasteiger partial charge in [0.05, 0.1) is 24.8 Å². The van der Waals surface area contributed by atoms with E-state index in [9.17, 15) is 0 Å². The predicted molar refractivity (Wildman–Crippen MR) is 124 cm³/mol. The molecule has 0 saturated heterocycles. The van der Waals surface area contributed by atoms with Crippen LogP contribution >= 0.6 is 11.6 Å². The van der Waals surface area contributed by atoms with E-state index in [1.807, 2.05) is 64.9 Å². The highest BCUT2D eigenvalue weighted by Crippen LogP contribution is 2.33. The normalized spacial score (nSPS) is 15.8. The van der Waals surface area contributed by atoms with E-state index in [4.69, 9.17) is 21.3 Å². The van der Waals surface area contributed by atoms with E-state index < -0.39 is 0 Å². The molecule has 162 valence electrons. The van der Waals surface area contributed by atoms with E-state index in [1.54, 1.807) is 13.4 Å². The summed E-state index contributed by atoms with van der Waals surface area (Å²) in [5.74, 6) is 2.38. The van der Waals surface area contributed by atoms with E-state index in [0.29, 0.717) is 11.7 Å². The Morgan fingerprint density at radius 3 is 2.84 bits per heavy atom. The van der Waals surface area contributed by atoms with Gasteiger partial charge in [-0.1, -0.05) is 23.7 Å². The predicted octanol–water partition coefficient (Wildman–Crippen LogP) is 4.93. The number of nitrogens with zero attached hydrogens (tertiary/aromatic N) is 6. The molecule has 4 heterocycles. The van der Waals surface area contributed by atoms with Crippen LogP contribution in [0.3, 0.4) is 0 Å². The van der Waals surface area contributed by atoms with Crippen LogP contribution in [-0.4, -0.2) is 36.4 Å². The van der Waals surface area contributed by atoms with Gasteiger partial charge in [-0.3, -0.25) is 0 Å². The molecule has 0 amide bonds. The van der Waals surface area contributed by atoms with Gasteiger partial charge in [-0.15, -0.1) is 0 Å². The first-order valence-corrected chi connectivity index (χ1v) is 10.9. The molecule has 1 atom stereocenters. The van der Waals surface area contributed by atoms with Gasteiger partial charge in [-0.05, 0) is 61.7 Å². The molecule has 0 aliphatic carbocycles. The molecule has 1 aromatic carbocycles. The van der Waals surface area contributed by atoms with Crippen molar-refractivity contribution >= 4 is 23.8 Å². The van der Waals surface area contributed by atoms with Crippen molar-refractivity contribution in [2.24, 2.45) is 0 Å². The van der Waals surface area contributed by atoms with E-state index in [-0.39, 0.29) is 5.92 Å². The zero-order valence-electron chi connectivity index (χ0n) is 17.9. The van der Waals surface area contributed by atoms with Crippen LogP contribution in [0.2, 0.25) is 5.02 Å². The molecular formula is C24H23ClN6O. The van der Waals surface area contributed by atoms with E-state index in [0.717, 1.165) is 47.3 Å². The second-order valence-corrected chi connectivity index (χ2v) is 8.26. The maximum absolute atomic E-state index is 6.21. The number of hydrogen-bond acceptors (Lipinski definition) is 5. The number of ether oxygens (including phenoxy) is 1. The molecule has 4 aromatic rings. The van der Waals surface area contributed by atoms with Gasteiger partial charge in [0.2, 0.25) is 5.88 Å². The number of aryl methyl sites for hydroxylation is 2. The Morgan fingerprint density at radius 1 is 1.16 bits per heavy atom. The highest BCUT2D eigenvalue weighted by Gasteiger charge is 2.25. The molecule has 0 saturated carbocycles. The quantitative estimate of drug-likeness (QED) is 0.435.